The molecule has 1 N–H and O–H groups in total. The van der Waals surface area contributed by atoms with Crippen LogP contribution < -0.4 is 18.9 Å². The molecule has 36 heavy (non-hydrogen) atoms. The minimum absolute atomic E-state index is 0.0203. The van der Waals surface area contributed by atoms with Gasteiger partial charge < -0.3 is 14.2 Å². The molecule has 0 bridgehead atoms. The Labute approximate surface area is 206 Å². The number of methoxy groups -OCH3 is 3. The third-order valence-corrected chi connectivity index (χ3v) is 5.97. The van der Waals surface area contributed by atoms with E-state index in [0.29, 0.717) is 23.1 Å². The first kappa shape index (κ1) is 24.5. The number of amides is 1. The lowest BCUT2D eigenvalue weighted by Gasteiger charge is -2.17. The molecule has 0 aliphatic heterocycles. The van der Waals surface area contributed by atoms with E-state index in [1.807, 2.05) is 4.72 Å². The van der Waals surface area contributed by atoms with Crippen molar-refractivity contribution >= 4 is 15.9 Å². The van der Waals surface area contributed by atoms with Crippen LogP contribution >= 0.6 is 0 Å². The van der Waals surface area contributed by atoms with Crippen LogP contribution in [0.2, 0.25) is 0 Å². The topological polar surface area (TPSA) is 160 Å². The van der Waals surface area contributed by atoms with E-state index in [-0.39, 0.29) is 23.2 Å². The maximum atomic E-state index is 13.2. The number of hydrogen-bond acceptors (Lipinski definition) is 11. The summed E-state index contributed by atoms with van der Waals surface area (Å²) in [6, 6.07) is 11.5. The van der Waals surface area contributed by atoms with Crippen molar-refractivity contribution < 1.29 is 27.4 Å². The van der Waals surface area contributed by atoms with Crippen LogP contribution in [0.5, 0.6) is 17.4 Å². The van der Waals surface area contributed by atoms with E-state index < -0.39 is 21.7 Å². The zero-order valence-electron chi connectivity index (χ0n) is 19.4. The average Bonchev–Trinajstić information content (AvgIpc) is 3.33. The first-order valence-corrected chi connectivity index (χ1v) is 12.0. The van der Waals surface area contributed by atoms with Gasteiger partial charge in [0.1, 0.15) is 34.5 Å². The predicted molar refractivity (Wildman–Crippen MR) is 126 cm³/mol. The molecule has 0 aliphatic carbocycles. The highest BCUT2D eigenvalue weighted by atomic mass is 32.2. The van der Waals surface area contributed by atoms with Crippen molar-refractivity contribution in [1.29, 1.82) is 0 Å². The molecule has 3 aromatic heterocycles. The Hall–Kier alpha value is -4.59. The Balaban J connectivity index is 1.84. The number of ether oxygens (including phenoxy) is 3. The number of carbonyl (C=O) groups is 1. The number of hydrogen-bond donors (Lipinski definition) is 1. The SMILES string of the molecule is COc1cccc(-c2nnc(C(=O)NS(=O)(=O)Cc3ncccn3)n2-c2c(OC)cccc2OC)n1. The minimum Gasteiger partial charge on any atom is -0.494 e. The number of rotatable bonds is 9. The Bertz CT molecular complexity index is 1470. The third kappa shape index (κ3) is 5.07. The normalized spacial score (nSPS) is 11.1. The number of sulfonamides is 1. The Morgan fingerprint density at radius 1 is 0.917 bits per heavy atom. The van der Waals surface area contributed by atoms with Crippen LogP contribution in [0, 0.1) is 0 Å². The highest BCUT2D eigenvalue weighted by molar-refractivity contribution is 7.89. The molecule has 0 radical (unpaired) electrons. The van der Waals surface area contributed by atoms with E-state index in [2.05, 4.69) is 25.1 Å². The Morgan fingerprint density at radius 3 is 2.22 bits per heavy atom. The van der Waals surface area contributed by atoms with Crippen LogP contribution in [0.4, 0.5) is 0 Å². The zero-order chi connectivity index (χ0) is 25.7. The molecular formula is C22H21N7O6S. The Morgan fingerprint density at radius 2 is 1.58 bits per heavy atom. The monoisotopic (exact) mass is 511 g/mol. The van der Waals surface area contributed by atoms with E-state index in [9.17, 15) is 13.2 Å². The molecule has 3 heterocycles. The van der Waals surface area contributed by atoms with E-state index in [4.69, 9.17) is 14.2 Å². The molecule has 14 heteroatoms. The molecule has 4 aromatic rings. The van der Waals surface area contributed by atoms with Crippen molar-refractivity contribution in [2.75, 3.05) is 21.3 Å². The molecule has 1 amide bonds. The molecule has 4 rings (SSSR count). The molecule has 0 unspecified atom stereocenters. The van der Waals surface area contributed by atoms with Gasteiger partial charge in [-0.3, -0.25) is 9.36 Å². The van der Waals surface area contributed by atoms with Gasteiger partial charge >= 0.3 is 5.91 Å². The van der Waals surface area contributed by atoms with Crippen molar-refractivity contribution in [3.05, 3.63) is 66.5 Å². The van der Waals surface area contributed by atoms with Gasteiger partial charge in [-0.05, 0) is 24.3 Å². The number of nitrogens with one attached hydrogen (secondary N) is 1. The van der Waals surface area contributed by atoms with Gasteiger partial charge in [-0.1, -0.05) is 12.1 Å². The fourth-order valence-electron chi connectivity index (χ4n) is 3.31. The number of pyridine rings is 1. The van der Waals surface area contributed by atoms with Gasteiger partial charge in [0, 0.05) is 18.5 Å². The maximum absolute atomic E-state index is 13.2. The van der Waals surface area contributed by atoms with Crippen molar-refractivity contribution in [2.45, 2.75) is 5.75 Å². The first-order valence-electron chi connectivity index (χ1n) is 10.4. The fourth-order valence-corrected chi connectivity index (χ4v) is 4.25. The van der Waals surface area contributed by atoms with Crippen LogP contribution in [-0.2, 0) is 15.8 Å². The van der Waals surface area contributed by atoms with Gasteiger partial charge in [-0.2, -0.15) is 0 Å². The summed E-state index contributed by atoms with van der Waals surface area (Å²) in [6.45, 7) is 0. The van der Waals surface area contributed by atoms with Gasteiger partial charge in [-0.15, -0.1) is 10.2 Å². The number of aromatic nitrogens is 6. The van der Waals surface area contributed by atoms with Gasteiger partial charge in [0.05, 0.1) is 21.3 Å². The number of para-hydroxylation sites is 1. The molecule has 0 saturated carbocycles. The van der Waals surface area contributed by atoms with Gasteiger partial charge in [0.2, 0.25) is 21.7 Å². The van der Waals surface area contributed by atoms with Crippen LogP contribution in [0.3, 0.4) is 0 Å². The van der Waals surface area contributed by atoms with E-state index in [1.165, 1.54) is 38.3 Å². The highest BCUT2D eigenvalue weighted by Crippen LogP contribution is 2.36. The summed E-state index contributed by atoms with van der Waals surface area (Å²) in [5, 5.41) is 8.11. The summed E-state index contributed by atoms with van der Waals surface area (Å²) in [4.78, 5) is 25.4. The minimum atomic E-state index is -4.18. The van der Waals surface area contributed by atoms with Gasteiger partial charge in [0.25, 0.3) is 0 Å². The summed E-state index contributed by atoms with van der Waals surface area (Å²) < 4.78 is 44.9. The molecule has 0 aliphatic rings. The molecule has 0 spiro atoms. The van der Waals surface area contributed by atoms with E-state index in [0.717, 1.165) is 0 Å². The first-order chi connectivity index (χ1) is 17.4. The second-order valence-electron chi connectivity index (χ2n) is 7.11. The third-order valence-electron chi connectivity index (χ3n) is 4.84. The second kappa shape index (κ2) is 10.4. The lowest BCUT2D eigenvalue weighted by molar-refractivity contribution is 0.0969. The fraction of sp³-hybridized carbons (Fsp3) is 0.182. The average molecular weight is 512 g/mol. The summed E-state index contributed by atoms with van der Waals surface area (Å²) in [5.74, 6) is -0.949. The summed E-state index contributed by atoms with van der Waals surface area (Å²) in [6.07, 6.45) is 2.80. The lowest BCUT2D eigenvalue weighted by Crippen LogP contribution is -2.34. The van der Waals surface area contributed by atoms with Crippen LogP contribution in [0.25, 0.3) is 17.2 Å². The largest absolute Gasteiger partial charge is 0.494 e. The highest BCUT2D eigenvalue weighted by Gasteiger charge is 2.29. The van der Waals surface area contributed by atoms with E-state index >= 15 is 0 Å². The van der Waals surface area contributed by atoms with Crippen molar-refractivity contribution in [1.82, 2.24) is 34.4 Å². The maximum Gasteiger partial charge on any atom is 0.303 e. The lowest BCUT2D eigenvalue weighted by atomic mass is 10.2. The van der Waals surface area contributed by atoms with Gasteiger partial charge in [-0.25, -0.2) is 28.1 Å². The van der Waals surface area contributed by atoms with E-state index in [1.54, 1.807) is 42.5 Å². The van der Waals surface area contributed by atoms with Crippen molar-refractivity contribution in [2.24, 2.45) is 0 Å². The predicted octanol–water partition coefficient (Wildman–Crippen LogP) is 1.40. The van der Waals surface area contributed by atoms with Crippen molar-refractivity contribution in [3.63, 3.8) is 0 Å². The summed E-state index contributed by atoms with van der Waals surface area (Å²) in [5.41, 5.74) is 0.565. The molecule has 0 fully saturated rings. The molecule has 1 aromatic carbocycles. The standard InChI is InChI=1S/C22H21N7O6S/c1-33-15-8-5-9-16(34-2)19(15)29-20(14-7-4-10-18(25-14)35-3)26-27-21(29)22(30)28-36(31,32)13-17-23-11-6-12-24-17/h4-12H,13H2,1-3H3,(H,28,30). The zero-order valence-corrected chi connectivity index (χ0v) is 20.3. The van der Waals surface area contributed by atoms with Crippen LogP contribution in [0.1, 0.15) is 16.4 Å². The molecule has 0 saturated heterocycles. The molecule has 186 valence electrons. The van der Waals surface area contributed by atoms with Crippen LogP contribution in [0.15, 0.2) is 54.9 Å². The van der Waals surface area contributed by atoms with Gasteiger partial charge in [0.15, 0.2) is 5.82 Å². The number of nitrogens with zero attached hydrogens (tertiary/aromatic N) is 6. The van der Waals surface area contributed by atoms with Crippen LogP contribution in [-0.4, -0.2) is 65.4 Å². The number of benzene rings is 1. The number of carbonyl (C=O) groups excluding carboxylic acids is 1. The smallest absolute Gasteiger partial charge is 0.303 e. The molecule has 0 atom stereocenters. The molecular weight excluding hydrogens is 490 g/mol. The molecule has 13 nitrogen and oxygen atoms in total. The summed E-state index contributed by atoms with van der Waals surface area (Å²) >= 11 is 0. The Kier molecular flexibility index (Phi) is 7.05. The second-order valence-corrected chi connectivity index (χ2v) is 8.84. The quantitative estimate of drug-likeness (QED) is 0.346. The van der Waals surface area contributed by atoms with Crippen molar-refractivity contribution in [3.8, 4) is 34.6 Å². The summed E-state index contributed by atoms with van der Waals surface area (Å²) in [7, 11) is 0.158.